The van der Waals surface area contributed by atoms with Crippen LogP contribution in [0.1, 0.15) is 6.42 Å². The van der Waals surface area contributed by atoms with E-state index >= 15 is 0 Å². The van der Waals surface area contributed by atoms with Crippen LogP contribution in [0.15, 0.2) is 24.3 Å². The van der Waals surface area contributed by atoms with Crippen molar-refractivity contribution in [2.75, 3.05) is 25.0 Å². The molecule has 1 saturated heterocycles. The quantitative estimate of drug-likeness (QED) is 0.786. The Morgan fingerprint density at radius 2 is 2.24 bits per heavy atom. The summed E-state index contributed by atoms with van der Waals surface area (Å²) in [5, 5.41) is 3.28. The van der Waals surface area contributed by atoms with Gasteiger partial charge in [-0.1, -0.05) is 12.1 Å². The minimum Gasteiger partial charge on any atom is -0.478 e. The highest BCUT2D eigenvalue weighted by Gasteiger charge is 2.38. The summed E-state index contributed by atoms with van der Waals surface area (Å²) in [5.74, 6) is 1.17. The van der Waals surface area contributed by atoms with Gasteiger partial charge in [0.05, 0.1) is 5.69 Å². The average molecular weight is 232 g/mol. The minimum atomic E-state index is -0.329. The predicted molar refractivity (Wildman–Crippen MR) is 65.2 cm³/mol. The SMILES string of the molecule is CN1C(=O)C(C2CCNC2)Oc2ccccc21. The van der Waals surface area contributed by atoms with E-state index in [0.29, 0.717) is 5.92 Å². The molecule has 0 aromatic heterocycles. The molecule has 2 atom stereocenters. The molecule has 0 aliphatic carbocycles. The zero-order valence-corrected chi connectivity index (χ0v) is 9.85. The Bertz CT molecular complexity index is 441. The number of benzene rings is 1. The van der Waals surface area contributed by atoms with Crippen LogP contribution < -0.4 is 15.0 Å². The zero-order chi connectivity index (χ0) is 11.8. The molecule has 1 aromatic carbocycles. The predicted octanol–water partition coefficient (Wildman–Crippen LogP) is 1.02. The highest BCUT2D eigenvalue weighted by molar-refractivity contribution is 5.99. The number of nitrogens with zero attached hydrogens (tertiary/aromatic N) is 1. The first-order valence-electron chi connectivity index (χ1n) is 6.01. The molecule has 2 heterocycles. The standard InChI is InChI=1S/C13H16N2O2/c1-15-10-4-2-3-5-11(10)17-12(13(15)16)9-6-7-14-8-9/h2-5,9,12,14H,6-8H2,1H3. The summed E-state index contributed by atoms with van der Waals surface area (Å²) < 4.78 is 5.87. The van der Waals surface area contributed by atoms with E-state index in [2.05, 4.69) is 5.32 Å². The van der Waals surface area contributed by atoms with Gasteiger partial charge in [0.1, 0.15) is 5.75 Å². The zero-order valence-electron chi connectivity index (χ0n) is 9.85. The van der Waals surface area contributed by atoms with Crippen LogP contribution in [0, 0.1) is 5.92 Å². The van der Waals surface area contributed by atoms with Crippen molar-refractivity contribution in [3.05, 3.63) is 24.3 Å². The largest absolute Gasteiger partial charge is 0.478 e. The van der Waals surface area contributed by atoms with Crippen LogP contribution >= 0.6 is 0 Å². The molecular formula is C13H16N2O2. The number of rotatable bonds is 1. The van der Waals surface area contributed by atoms with Crippen molar-refractivity contribution in [3.8, 4) is 5.75 Å². The molecule has 2 aliphatic heterocycles. The van der Waals surface area contributed by atoms with Crippen LogP contribution in [0.25, 0.3) is 0 Å². The number of carbonyl (C=O) groups is 1. The maximum atomic E-state index is 12.2. The third-order valence-electron chi connectivity index (χ3n) is 3.58. The van der Waals surface area contributed by atoms with Gasteiger partial charge >= 0.3 is 0 Å². The first-order valence-corrected chi connectivity index (χ1v) is 6.01. The van der Waals surface area contributed by atoms with Crippen LogP contribution in [-0.2, 0) is 4.79 Å². The van der Waals surface area contributed by atoms with E-state index < -0.39 is 0 Å². The van der Waals surface area contributed by atoms with E-state index in [0.717, 1.165) is 30.9 Å². The summed E-state index contributed by atoms with van der Waals surface area (Å²) in [4.78, 5) is 14.0. The fraction of sp³-hybridized carbons (Fsp3) is 0.462. The lowest BCUT2D eigenvalue weighted by Crippen LogP contribution is -2.48. The Balaban J connectivity index is 1.92. The molecular weight excluding hydrogens is 216 g/mol. The number of hydrogen-bond donors (Lipinski definition) is 1. The monoisotopic (exact) mass is 232 g/mol. The van der Waals surface area contributed by atoms with E-state index in [1.807, 2.05) is 31.3 Å². The third-order valence-corrected chi connectivity index (χ3v) is 3.58. The number of para-hydroxylation sites is 2. The van der Waals surface area contributed by atoms with E-state index in [9.17, 15) is 4.79 Å². The first kappa shape index (κ1) is 10.6. The molecule has 0 saturated carbocycles. The van der Waals surface area contributed by atoms with E-state index in [1.165, 1.54) is 0 Å². The molecule has 1 N–H and O–H groups in total. The molecule has 1 amide bonds. The number of carbonyl (C=O) groups excluding carboxylic acids is 1. The lowest BCUT2D eigenvalue weighted by molar-refractivity contribution is -0.128. The second-order valence-corrected chi connectivity index (χ2v) is 4.66. The van der Waals surface area contributed by atoms with Crippen LogP contribution in [0.5, 0.6) is 5.75 Å². The Hall–Kier alpha value is -1.55. The number of fused-ring (bicyclic) bond motifs is 1. The van der Waals surface area contributed by atoms with Gasteiger partial charge in [0, 0.05) is 19.5 Å². The Morgan fingerprint density at radius 3 is 3.00 bits per heavy atom. The fourth-order valence-corrected chi connectivity index (χ4v) is 2.56. The van der Waals surface area contributed by atoms with Crippen molar-refractivity contribution in [1.82, 2.24) is 5.32 Å². The van der Waals surface area contributed by atoms with Crippen LogP contribution in [0.3, 0.4) is 0 Å². The molecule has 2 aliphatic rings. The number of likely N-dealkylation sites (N-methyl/N-ethyl adjacent to an activating group) is 1. The van der Waals surface area contributed by atoms with Gasteiger partial charge in [-0.25, -0.2) is 0 Å². The van der Waals surface area contributed by atoms with Crippen molar-refractivity contribution < 1.29 is 9.53 Å². The molecule has 4 nitrogen and oxygen atoms in total. The summed E-state index contributed by atoms with van der Waals surface area (Å²) in [7, 11) is 1.82. The Labute approximate surface area is 101 Å². The van der Waals surface area contributed by atoms with E-state index in [4.69, 9.17) is 4.74 Å². The topological polar surface area (TPSA) is 41.6 Å². The number of anilines is 1. The molecule has 90 valence electrons. The maximum Gasteiger partial charge on any atom is 0.268 e. The highest BCUT2D eigenvalue weighted by atomic mass is 16.5. The molecule has 2 unspecified atom stereocenters. The maximum absolute atomic E-state index is 12.2. The van der Waals surface area contributed by atoms with Crippen molar-refractivity contribution in [1.29, 1.82) is 0 Å². The molecule has 0 bridgehead atoms. The summed E-state index contributed by atoms with van der Waals surface area (Å²) >= 11 is 0. The lowest BCUT2D eigenvalue weighted by Gasteiger charge is -2.34. The van der Waals surface area contributed by atoms with E-state index in [-0.39, 0.29) is 12.0 Å². The van der Waals surface area contributed by atoms with Gasteiger partial charge in [0.25, 0.3) is 5.91 Å². The number of hydrogen-bond acceptors (Lipinski definition) is 3. The van der Waals surface area contributed by atoms with Crippen LogP contribution in [0.2, 0.25) is 0 Å². The molecule has 4 heteroatoms. The number of amides is 1. The van der Waals surface area contributed by atoms with Gasteiger partial charge < -0.3 is 15.0 Å². The summed E-state index contributed by atoms with van der Waals surface area (Å²) in [6, 6.07) is 7.69. The molecule has 0 spiro atoms. The summed E-state index contributed by atoms with van der Waals surface area (Å²) in [6.45, 7) is 1.84. The van der Waals surface area contributed by atoms with Crippen molar-refractivity contribution in [2.24, 2.45) is 5.92 Å². The fourth-order valence-electron chi connectivity index (χ4n) is 2.56. The second kappa shape index (κ2) is 4.04. The average Bonchev–Trinajstić information content (AvgIpc) is 2.87. The molecule has 1 fully saturated rings. The van der Waals surface area contributed by atoms with Gasteiger partial charge in [-0.3, -0.25) is 4.79 Å². The molecule has 0 radical (unpaired) electrons. The summed E-state index contributed by atoms with van der Waals surface area (Å²) in [6.07, 6.45) is 0.678. The van der Waals surface area contributed by atoms with E-state index in [1.54, 1.807) is 4.90 Å². The number of nitrogens with one attached hydrogen (secondary N) is 1. The third kappa shape index (κ3) is 1.69. The molecule has 1 aromatic rings. The van der Waals surface area contributed by atoms with Gasteiger partial charge in [0.2, 0.25) is 0 Å². The minimum absolute atomic E-state index is 0.0670. The number of ether oxygens (including phenoxy) is 1. The van der Waals surface area contributed by atoms with Gasteiger partial charge in [0.15, 0.2) is 6.10 Å². The van der Waals surface area contributed by atoms with Crippen molar-refractivity contribution in [2.45, 2.75) is 12.5 Å². The summed E-state index contributed by atoms with van der Waals surface area (Å²) in [5.41, 5.74) is 0.861. The second-order valence-electron chi connectivity index (χ2n) is 4.66. The van der Waals surface area contributed by atoms with Crippen LogP contribution in [0.4, 0.5) is 5.69 Å². The highest BCUT2D eigenvalue weighted by Crippen LogP contribution is 2.35. The molecule has 17 heavy (non-hydrogen) atoms. The van der Waals surface area contributed by atoms with Gasteiger partial charge in [-0.05, 0) is 25.1 Å². The molecule has 3 rings (SSSR count). The Morgan fingerprint density at radius 1 is 1.41 bits per heavy atom. The lowest BCUT2D eigenvalue weighted by atomic mass is 9.98. The van der Waals surface area contributed by atoms with Crippen molar-refractivity contribution >= 4 is 11.6 Å². The Kier molecular flexibility index (Phi) is 2.52. The normalized spacial score (nSPS) is 27.8. The smallest absolute Gasteiger partial charge is 0.268 e. The van der Waals surface area contributed by atoms with Crippen LogP contribution in [-0.4, -0.2) is 32.1 Å². The van der Waals surface area contributed by atoms with Gasteiger partial charge in [-0.2, -0.15) is 0 Å². The van der Waals surface area contributed by atoms with Gasteiger partial charge in [-0.15, -0.1) is 0 Å². The van der Waals surface area contributed by atoms with Crippen molar-refractivity contribution in [3.63, 3.8) is 0 Å². The first-order chi connectivity index (χ1) is 8.27.